The summed E-state index contributed by atoms with van der Waals surface area (Å²) in [5.41, 5.74) is 2.30. The molecule has 0 bridgehead atoms. The molecule has 0 atom stereocenters. The molecule has 0 unspecified atom stereocenters. The number of amides is 1. The van der Waals surface area contributed by atoms with Gasteiger partial charge in [0.1, 0.15) is 0 Å². The molecule has 1 N–H and O–H groups in total. The number of nitrogens with zero attached hydrogens (tertiary/aromatic N) is 1. The van der Waals surface area contributed by atoms with Crippen LogP contribution in [0.1, 0.15) is 11.1 Å². The fraction of sp³-hybridized carbons (Fsp3) is 0.200. The van der Waals surface area contributed by atoms with E-state index in [1.165, 1.54) is 44.4 Å². The van der Waals surface area contributed by atoms with E-state index in [1.54, 1.807) is 6.08 Å². The lowest BCUT2D eigenvalue weighted by Gasteiger charge is -2.12. The molecular weight excluding hydrogens is 380 g/mol. The van der Waals surface area contributed by atoms with Crippen molar-refractivity contribution in [1.82, 2.24) is 4.31 Å². The van der Waals surface area contributed by atoms with Crippen LogP contribution in [-0.2, 0) is 24.3 Å². The van der Waals surface area contributed by atoms with Gasteiger partial charge in [-0.2, -0.15) is 0 Å². The minimum Gasteiger partial charge on any atom is -0.452 e. The second-order valence-corrected chi connectivity index (χ2v) is 8.31. The Morgan fingerprint density at radius 1 is 1.07 bits per heavy atom. The Morgan fingerprint density at radius 2 is 1.71 bits per heavy atom. The lowest BCUT2D eigenvalue weighted by molar-refractivity contribution is -0.142. The van der Waals surface area contributed by atoms with Gasteiger partial charge in [-0.15, -0.1) is 0 Å². The fourth-order valence-corrected chi connectivity index (χ4v) is 3.14. The van der Waals surface area contributed by atoms with Gasteiger partial charge >= 0.3 is 5.97 Å². The highest BCUT2D eigenvalue weighted by atomic mass is 32.2. The van der Waals surface area contributed by atoms with Crippen molar-refractivity contribution in [2.45, 2.75) is 11.8 Å². The molecule has 0 aliphatic heterocycles. The van der Waals surface area contributed by atoms with Crippen molar-refractivity contribution < 1.29 is 22.7 Å². The molecule has 2 aromatic carbocycles. The number of nitrogens with one attached hydrogen (secondary N) is 1. The second kappa shape index (κ2) is 9.29. The van der Waals surface area contributed by atoms with Gasteiger partial charge in [0, 0.05) is 25.9 Å². The molecule has 0 fully saturated rings. The fourth-order valence-electron chi connectivity index (χ4n) is 2.23. The van der Waals surface area contributed by atoms with Crippen LogP contribution >= 0.6 is 0 Å². The molecular formula is C20H22N2O5S. The van der Waals surface area contributed by atoms with Gasteiger partial charge in [0.05, 0.1) is 4.90 Å². The molecule has 0 radical (unpaired) electrons. The molecule has 0 aliphatic rings. The van der Waals surface area contributed by atoms with E-state index in [-0.39, 0.29) is 4.90 Å². The number of hydrogen-bond acceptors (Lipinski definition) is 5. The highest BCUT2D eigenvalue weighted by Gasteiger charge is 2.16. The summed E-state index contributed by atoms with van der Waals surface area (Å²) in [4.78, 5) is 23.8. The van der Waals surface area contributed by atoms with Gasteiger partial charge in [-0.05, 0) is 48.4 Å². The third-order valence-corrected chi connectivity index (χ3v) is 5.68. The predicted octanol–water partition coefficient (Wildman–Crippen LogP) is 2.44. The van der Waals surface area contributed by atoms with Gasteiger partial charge in [0.2, 0.25) is 10.0 Å². The van der Waals surface area contributed by atoms with Gasteiger partial charge in [-0.3, -0.25) is 4.79 Å². The molecule has 7 nitrogen and oxygen atoms in total. The van der Waals surface area contributed by atoms with Crippen LogP contribution in [0.2, 0.25) is 0 Å². The van der Waals surface area contributed by atoms with Crippen molar-refractivity contribution in [2.24, 2.45) is 0 Å². The van der Waals surface area contributed by atoms with E-state index in [1.807, 2.05) is 31.2 Å². The molecule has 0 aromatic heterocycles. The van der Waals surface area contributed by atoms with Crippen molar-refractivity contribution in [1.29, 1.82) is 0 Å². The van der Waals surface area contributed by atoms with E-state index in [2.05, 4.69) is 5.32 Å². The monoisotopic (exact) mass is 402 g/mol. The number of hydrogen-bond donors (Lipinski definition) is 1. The zero-order valence-corrected chi connectivity index (χ0v) is 16.7. The van der Waals surface area contributed by atoms with Crippen LogP contribution in [0, 0.1) is 6.92 Å². The summed E-state index contributed by atoms with van der Waals surface area (Å²) in [6, 6.07) is 13.3. The van der Waals surface area contributed by atoms with Crippen LogP contribution in [-0.4, -0.2) is 45.3 Å². The number of aryl methyl sites for hydroxylation is 1. The van der Waals surface area contributed by atoms with E-state index in [4.69, 9.17) is 4.74 Å². The van der Waals surface area contributed by atoms with Crippen molar-refractivity contribution in [3.8, 4) is 0 Å². The van der Waals surface area contributed by atoms with Crippen LogP contribution in [0.4, 0.5) is 5.69 Å². The maximum absolute atomic E-state index is 12.0. The average Bonchev–Trinajstić information content (AvgIpc) is 2.66. The standard InChI is InChI=1S/C20H22N2O5S/c1-15-6-4-5-7-16(15)8-13-20(24)27-14-19(23)21-17-9-11-18(12-10-17)28(25,26)22(2)3/h4-13H,14H2,1-3H3,(H,21,23)/b13-8+. The van der Waals surface area contributed by atoms with Crippen molar-refractivity contribution >= 4 is 33.7 Å². The van der Waals surface area contributed by atoms with E-state index < -0.39 is 28.5 Å². The molecule has 0 saturated carbocycles. The third-order valence-electron chi connectivity index (χ3n) is 3.85. The second-order valence-electron chi connectivity index (χ2n) is 6.16. The first-order chi connectivity index (χ1) is 13.2. The predicted molar refractivity (Wildman–Crippen MR) is 107 cm³/mol. The zero-order valence-electron chi connectivity index (χ0n) is 15.9. The number of carbonyl (C=O) groups is 2. The van der Waals surface area contributed by atoms with Crippen LogP contribution < -0.4 is 5.32 Å². The lowest BCUT2D eigenvalue weighted by Crippen LogP contribution is -2.22. The van der Waals surface area contributed by atoms with E-state index in [0.29, 0.717) is 5.69 Å². The average molecular weight is 402 g/mol. The summed E-state index contributed by atoms with van der Waals surface area (Å²) in [5.74, 6) is -1.16. The Bertz CT molecular complexity index is 980. The molecule has 2 aromatic rings. The Balaban J connectivity index is 1.87. The number of sulfonamides is 1. The molecule has 0 spiro atoms. The normalized spacial score (nSPS) is 11.6. The minimum atomic E-state index is -3.53. The van der Waals surface area contributed by atoms with Crippen molar-refractivity contribution in [3.05, 3.63) is 65.7 Å². The summed E-state index contributed by atoms with van der Waals surface area (Å²) >= 11 is 0. The Labute approximate surface area is 164 Å². The highest BCUT2D eigenvalue weighted by molar-refractivity contribution is 7.89. The number of ether oxygens (including phenoxy) is 1. The molecule has 2 rings (SSSR count). The van der Waals surface area contributed by atoms with Gasteiger partial charge < -0.3 is 10.1 Å². The number of carbonyl (C=O) groups excluding carboxylic acids is 2. The summed E-state index contributed by atoms with van der Waals surface area (Å²) in [5, 5.41) is 2.54. The topological polar surface area (TPSA) is 92.8 Å². The van der Waals surface area contributed by atoms with Crippen LogP contribution in [0.5, 0.6) is 0 Å². The highest BCUT2D eigenvalue weighted by Crippen LogP contribution is 2.16. The van der Waals surface area contributed by atoms with Crippen molar-refractivity contribution in [3.63, 3.8) is 0 Å². The van der Waals surface area contributed by atoms with Gasteiger partial charge in [-0.1, -0.05) is 24.3 Å². The third kappa shape index (κ3) is 5.77. The van der Waals surface area contributed by atoms with Crippen LogP contribution in [0.3, 0.4) is 0 Å². The Kier molecular flexibility index (Phi) is 7.08. The maximum atomic E-state index is 12.0. The molecule has 1 amide bonds. The molecule has 148 valence electrons. The van der Waals surface area contributed by atoms with E-state index in [9.17, 15) is 18.0 Å². The first-order valence-corrected chi connectivity index (χ1v) is 9.87. The van der Waals surface area contributed by atoms with Gasteiger partial charge in [0.15, 0.2) is 6.61 Å². The molecule has 28 heavy (non-hydrogen) atoms. The quantitative estimate of drug-likeness (QED) is 0.567. The maximum Gasteiger partial charge on any atom is 0.331 e. The Morgan fingerprint density at radius 3 is 2.32 bits per heavy atom. The van der Waals surface area contributed by atoms with Crippen LogP contribution in [0.15, 0.2) is 59.5 Å². The number of esters is 1. The summed E-state index contributed by atoms with van der Waals surface area (Å²) in [6.45, 7) is 1.47. The molecule has 0 aliphatic carbocycles. The van der Waals surface area contributed by atoms with Crippen LogP contribution in [0.25, 0.3) is 6.08 Å². The minimum absolute atomic E-state index is 0.114. The Hall–Kier alpha value is -2.97. The number of rotatable bonds is 7. The largest absolute Gasteiger partial charge is 0.452 e. The first kappa shape index (κ1) is 21.3. The van der Waals surface area contributed by atoms with Crippen molar-refractivity contribution in [2.75, 3.05) is 26.0 Å². The number of anilines is 1. The zero-order chi connectivity index (χ0) is 20.7. The lowest BCUT2D eigenvalue weighted by atomic mass is 10.1. The molecule has 0 heterocycles. The summed E-state index contributed by atoms with van der Waals surface area (Å²) in [6.07, 6.45) is 2.88. The first-order valence-electron chi connectivity index (χ1n) is 8.43. The number of benzene rings is 2. The van der Waals surface area contributed by atoms with E-state index in [0.717, 1.165) is 15.4 Å². The van der Waals surface area contributed by atoms with Gasteiger partial charge in [0.25, 0.3) is 5.91 Å². The summed E-state index contributed by atoms with van der Waals surface area (Å²) in [7, 11) is -0.657. The SMILES string of the molecule is Cc1ccccc1/C=C/C(=O)OCC(=O)Nc1ccc(S(=O)(=O)N(C)C)cc1. The van der Waals surface area contributed by atoms with E-state index >= 15 is 0 Å². The smallest absolute Gasteiger partial charge is 0.331 e. The molecule has 8 heteroatoms. The molecule has 0 saturated heterocycles. The van der Waals surface area contributed by atoms with Gasteiger partial charge in [-0.25, -0.2) is 17.5 Å². The summed E-state index contributed by atoms with van der Waals surface area (Å²) < 4.78 is 30.0.